The van der Waals surface area contributed by atoms with E-state index >= 15 is 0 Å². The summed E-state index contributed by atoms with van der Waals surface area (Å²) in [5, 5.41) is 18.4. The van der Waals surface area contributed by atoms with Gasteiger partial charge in [-0.15, -0.1) is 0 Å². The molecule has 1 aliphatic heterocycles. The van der Waals surface area contributed by atoms with Gasteiger partial charge in [0.05, 0.1) is 17.8 Å². The zero-order chi connectivity index (χ0) is 20.7. The second-order valence-electron chi connectivity index (χ2n) is 5.84. The molecule has 0 saturated heterocycles. The first-order valence-corrected chi connectivity index (χ1v) is 7.65. The maximum absolute atomic E-state index is 14.1. The van der Waals surface area contributed by atoms with Crippen molar-refractivity contribution < 1.29 is 36.6 Å². The molecule has 11 heteroatoms. The average Bonchev–Trinajstić information content (AvgIpc) is 2.63. The Labute approximate surface area is 154 Å². The van der Waals surface area contributed by atoms with Crippen LogP contribution in [0.4, 0.5) is 27.6 Å². The SMILES string of the molecule is N#Cc1cncc(CN2C(=O)C(F)(F)Oc3c(C(O)C(F)(F)F)cccc32)c1. The largest absolute Gasteiger partial charge is 0.483 e. The van der Waals surface area contributed by atoms with Crippen LogP contribution in [0.5, 0.6) is 5.75 Å². The molecule has 0 bridgehead atoms. The molecule has 0 aliphatic carbocycles. The predicted molar refractivity (Wildman–Crippen MR) is 83.2 cm³/mol. The van der Waals surface area contributed by atoms with Crippen molar-refractivity contribution >= 4 is 11.6 Å². The number of carbonyl (C=O) groups is 1. The summed E-state index contributed by atoms with van der Waals surface area (Å²) >= 11 is 0. The highest BCUT2D eigenvalue weighted by atomic mass is 19.4. The number of anilines is 1. The van der Waals surface area contributed by atoms with E-state index in [2.05, 4.69) is 9.72 Å². The van der Waals surface area contributed by atoms with Crippen LogP contribution in [0, 0.1) is 11.3 Å². The molecular weight excluding hydrogens is 389 g/mol. The third kappa shape index (κ3) is 3.46. The van der Waals surface area contributed by atoms with Crippen molar-refractivity contribution in [2.75, 3.05) is 4.90 Å². The predicted octanol–water partition coefficient (Wildman–Crippen LogP) is 3.07. The number of para-hydroxylation sites is 1. The number of ether oxygens (including phenoxy) is 1. The summed E-state index contributed by atoms with van der Waals surface area (Å²) in [6.07, 6.45) is -10.2. The number of pyridine rings is 1. The van der Waals surface area contributed by atoms with Crippen LogP contribution >= 0.6 is 0 Å². The quantitative estimate of drug-likeness (QED) is 0.802. The summed E-state index contributed by atoms with van der Waals surface area (Å²) in [6, 6.07) is 6.04. The van der Waals surface area contributed by atoms with Gasteiger partial charge in [-0.05, 0) is 17.7 Å². The Morgan fingerprint density at radius 2 is 2.04 bits per heavy atom. The number of hydrogen-bond donors (Lipinski definition) is 1. The van der Waals surface area contributed by atoms with E-state index in [1.807, 2.05) is 0 Å². The molecule has 2 heterocycles. The van der Waals surface area contributed by atoms with Gasteiger partial charge in [0.2, 0.25) is 0 Å². The normalized spacial score (nSPS) is 16.8. The van der Waals surface area contributed by atoms with Gasteiger partial charge in [-0.2, -0.15) is 27.2 Å². The first-order chi connectivity index (χ1) is 13.0. The van der Waals surface area contributed by atoms with Crippen LogP contribution in [0.2, 0.25) is 0 Å². The third-order valence-corrected chi connectivity index (χ3v) is 3.91. The van der Waals surface area contributed by atoms with Gasteiger partial charge >= 0.3 is 18.2 Å². The Balaban J connectivity index is 2.10. The number of hydrogen-bond acceptors (Lipinski definition) is 5. The summed E-state index contributed by atoms with van der Waals surface area (Å²) in [5.41, 5.74) is -1.03. The molecule has 2 aromatic rings. The number of nitriles is 1. The molecule has 1 atom stereocenters. The van der Waals surface area contributed by atoms with E-state index in [9.17, 15) is 31.9 Å². The average molecular weight is 399 g/mol. The lowest BCUT2D eigenvalue weighted by Gasteiger charge is -2.35. The van der Waals surface area contributed by atoms with Crippen LogP contribution in [0.15, 0.2) is 36.7 Å². The van der Waals surface area contributed by atoms with E-state index in [1.54, 1.807) is 6.07 Å². The number of amides is 1. The van der Waals surface area contributed by atoms with Gasteiger partial charge < -0.3 is 9.84 Å². The Morgan fingerprint density at radius 1 is 1.32 bits per heavy atom. The van der Waals surface area contributed by atoms with Crippen molar-refractivity contribution in [2.45, 2.75) is 24.9 Å². The Bertz CT molecular complexity index is 971. The Morgan fingerprint density at radius 3 is 2.68 bits per heavy atom. The molecule has 1 aliphatic rings. The zero-order valence-corrected chi connectivity index (χ0v) is 13.7. The van der Waals surface area contributed by atoms with Gasteiger partial charge in [0.1, 0.15) is 6.07 Å². The van der Waals surface area contributed by atoms with Gasteiger partial charge in [0.25, 0.3) is 0 Å². The first-order valence-electron chi connectivity index (χ1n) is 7.65. The number of aromatic nitrogens is 1. The number of aliphatic hydroxyl groups is 1. The van der Waals surface area contributed by atoms with Crippen LogP contribution in [0.1, 0.15) is 22.8 Å². The number of benzene rings is 1. The zero-order valence-electron chi connectivity index (χ0n) is 13.7. The summed E-state index contributed by atoms with van der Waals surface area (Å²) in [6.45, 7) is -0.501. The van der Waals surface area contributed by atoms with Gasteiger partial charge in [-0.3, -0.25) is 14.7 Å². The van der Waals surface area contributed by atoms with Crippen LogP contribution in [-0.4, -0.2) is 28.3 Å². The molecule has 146 valence electrons. The molecule has 0 spiro atoms. The molecule has 3 rings (SSSR count). The van der Waals surface area contributed by atoms with Crippen LogP contribution in [0.25, 0.3) is 0 Å². The van der Waals surface area contributed by atoms with E-state index in [1.165, 1.54) is 18.5 Å². The molecular formula is C17H10F5N3O3. The second-order valence-corrected chi connectivity index (χ2v) is 5.84. The molecule has 1 amide bonds. The molecule has 0 saturated carbocycles. The summed E-state index contributed by atoms with van der Waals surface area (Å²) in [4.78, 5) is 16.4. The minimum absolute atomic E-state index is 0.103. The number of aliphatic hydroxyl groups excluding tert-OH is 1. The Kier molecular flexibility index (Phi) is 4.68. The molecule has 1 aromatic heterocycles. The fourth-order valence-electron chi connectivity index (χ4n) is 2.67. The van der Waals surface area contributed by atoms with Gasteiger partial charge in [0.15, 0.2) is 11.9 Å². The summed E-state index contributed by atoms with van der Waals surface area (Å²) in [5.74, 6) is -2.76. The lowest BCUT2D eigenvalue weighted by molar-refractivity contribution is -0.211. The van der Waals surface area contributed by atoms with Crippen molar-refractivity contribution in [3.05, 3.63) is 53.3 Å². The Hall–Kier alpha value is -3.26. The van der Waals surface area contributed by atoms with E-state index in [4.69, 9.17) is 5.26 Å². The topological polar surface area (TPSA) is 86.5 Å². The van der Waals surface area contributed by atoms with Crippen molar-refractivity contribution in [1.29, 1.82) is 5.26 Å². The highest BCUT2D eigenvalue weighted by molar-refractivity contribution is 6.01. The number of nitrogens with zero attached hydrogens (tertiary/aromatic N) is 3. The lowest BCUT2D eigenvalue weighted by Crippen LogP contribution is -2.50. The van der Waals surface area contributed by atoms with E-state index in [0.29, 0.717) is 4.90 Å². The number of carbonyl (C=O) groups excluding carboxylic acids is 1. The minimum Gasteiger partial charge on any atom is -0.423 e. The molecule has 0 radical (unpaired) electrons. The van der Waals surface area contributed by atoms with Crippen molar-refractivity contribution in [1.82, 2.24) is 4.98 Å². The highest BCUT2D eigenvalue weighted by Gasteiger charge is 2.52. The fourth-order valence-corrected chi connectivity index (χ4v) is 2.67. The molecule has 1 unspecified atom stereocenters. The van der Waals surface area contributed by atoms with Crippen molar-refractivity contribution in [3.8, 4) is 11.8 Å². The number of rotatable bonds is 3. The van der Waals surface area contributed by atoms with E-state index in [0.717, 1.165) is 18.2 Å². The van der Waals surface area contributed by atoms with E-state index < -0.39 is 42.2 Å². The second kappa shape index (κ2) is 6.72. The molecule has 6 nitrogen and oxygen atoms in total. The van der Waals surface area contributed by atoms with Crippen LogP contribution in [-0.2, 0) is 11.3 Å². The van der Waals surface area contributed by atoms with Crippen molar-refractivity contribution in [2.24, 2.45) is 0 Å². The molecule has 0 fully saturated rings. The molecule has 1 N–H and O–H groups in total. The number of halogens is 5. The molecule has 28 heavy (non-hydrogen) atoms. The number of alkyl halides is 5. The summed E-state index contributed by atoms with van der Waals surface area (Å²) < 4.78 is 71.0. The molecule has 1 aromatic carbocycles. The third-order valence-electron chi connectivity index (χ3n) is 3.91. The minimum atomic E-state index is -5.13. The highest BCUT2D eigenvalue weighted by Crippen LogP contribution is 2.47. The smallest absolute Gasteiger partial charge is 0.423 e. The maximum Gasteiger partial charge on any atom is 0.483 e. The van der Waals surface area contributed by atoms with Gasteiger partial charge in [0, 0.05) is 18.0 Å². The van der Waals surface area contributed by atoms with Crippen LogP contribution in [0.3, 0.4) is 0 Å². The lowest BCUT2D eigenvalue weighted by atomic mass is 10.0. The standard InChI is InChI=1S/C17H10F5N3O3/c18-16(19,20)14(26)11-2-1-3-12-13(11)28-17(21,22)15(27)25(12)8-10-4-9(5-23)6-24-7-10/h1-4,6-7,14,26H,8H2. The fraction of sp³-hybridized carbons (Fsp3) is 0.235. The monoisotopic (exact) mass is 399 g/mol. The summed E-state index contributed by atoms with van der Waals surface area (Å²) in [7, 11) is 0. The number of fused-ring (bicyclic) bond motifs is 1. The van der Waals surface area contributed by atoms with Crippen molar-refractivity contribution in [3.63, 3.8) is 0 Å². The van der Waals surface area contributed by atoms with Gasteiger partial charge in [-0.1, -0.05) is 12.1 Å². The first kappa shape index (κ1) is 19.5. The maximum atomic E-state index is 14.1. The van der Waals surface area contributed by atoms with E-state index in [-0.39, 0.29) is 16.8 Å². The van der Waals surface area contributed by atoms with Gasteiger partial charge in [-0.25, -0.2) is 0 Å². The van der Waals surface area contributed by atoms with Crippen LogP contribution < -0.4 is 9.64 Å².